The van der Waals surface area contributed by atoms with Crippen molar-refractivity contribution in [2.75, 3.05) is 6.54 Å². The minimum Gasteiger partial charge on any atom is -0.477 e. The summed E-state index contributed by atoms with van der Waals surface area (Å²) in [7, 11) is 0. The van der Waals surface area contributed by atoms with Crippen molar-refractivity contribution in [3.05, 3.63) is 27.8 Å². The first-order valence-electron chi connectivity index (χ1n) is 9.68. The van der Waals surface area contributed by atoms with Crippen LogP contribution in [0.4, 0.5) is 0 Å². The lowest BCUT2D eigenvalue weighted by molar-refractivity contribution is -0.166. The molecule has 1 aromatic heterocycles. The number of carboxylic acid groups (broad SMARTS) is 1. The van der Waals surface area contributed by atoms with Crippen molar-refractivity contribution in [2.24, 2.45) is 11.3 Å². The number of carboxylic acids is 1. The minimum absolute atomic E-state index is 0.0263. The van der Waals surface area contributed by atoms with Crippen molar-refractivity contribution >= 4 is 40.5 Å². The summed E-state index contributed by atoms with van der Waals surface area (Å²) in [6.45, 7) is 8.42. The second kappa shape index (κ2) is 7.23. The molecule has 4 rings (SSSR count). The molecule has 3 aliphatic heterocycles. The van der Waals surface area contributed by atoms with E-state index in [2.05, 4.69) is 18.3 Å². The molecule has 0 saturated carbocycles. The fraction of sp³-hybridized carbons (Fsp3) is 0.550. The van der Waals surface area contributed by atoms with Gasteiger partial charge in [-0.2, -0.15) is 0 Å². The number of thiazole rings is 1. The van der Waals surface area contributed by atoms with Crippen molar-refractivity contribution < 1.29 is 19.8 Å². The molecule has 1 fully saturated rings. The van der Waals surface area contributed by atoms with Crippen molar-refractivity contribution in [3.8, 4) is 0 Å². The third kappa shape index (κ3) is 3.24. The van der Waals surface area contributed by atoms with E-state index in [1.165, 1.54) is 33.6 Å². The summed E-state index contributed by atoms with van der Waals surface area (Å²) in [5.74, 6) is -2.02. The average Bonchev–Trinajstić information content (AvgIpc) is 3.16. The molecule has 1 amide bonds. The van der Waals surface area contributed by atoms with E-state index in [1.54, 1.807) is 6.92 Å². The Morgan fingerprint density at radius 1 is 1.48 bits per heavy atom. The van der Waals surface area contributed by atoms with Crippen LogP contribution in [0, 0.1) is 11.3 Å². The van der Waals surface area contributed by atoms with Gasteiger partial charge in [0.05, 0.1) is 23.8 Å². The number of hydrogen-bond donors (Lipinski definition) is 3. The Bertz CT molecular complexity index is 934. The number of rotatable bonds is 5. The summed E-state index contributed by atoms with van der Waals surface area (Å²) in [5, 5.41) is 25.3. The van der Waals surface area contributed by atoms with Crippen LogP contribution in [0.15, 0.2) is 26.4 Å². The van der Waals surface area contributed by atoms with Crippen molar-refractivity contribution in [2.45, 2.75) is 56.6 Å². The number of carbonyl (C=O) groups is 2. The first-order valence-corrected chi connectivity index (χ1v) is 11.4. The van der Waals surface area contributed by atoms with E-state index in [-0.39, 0.29) is 17.6 Å². The quantitative estimate of drug-likeness (QED) is 0.611. The molecule has 0 bridgehead atoms. The van der Waals surface area contributed by atoms with Gasteiger partial charge in [-0.3, -0.25) is 4.79 Å². The molecule has 0 spiro atoms. The predicted molar refractivity (Wildman–Crippen MR) is 112 cm³/mol. The van der Waals surface area contributed by atoms with Gasteiger partial charge in [0.2, 0.25) is 5.91 Å². The van der Waals surface area contributed by atoms with Crippen molar-refractivity contribution in [3.63, 3.8) is 0 Å². The highest BCUT2D eigenvalue weighted by Gasteiger charge is 2.64. The number of aromatic nitrogens is 1. The van der Waals surface area contributed by atoms with E-state index in [0.717, 1.165) is 23.0 Å². The van der Waals surface area contributed by atoms with Gasteiger partial charge in [0, 0.05) is 28.3 Å². The molecule has 1 aromatic rings. The van der Waals surface area contributed by atoms with Crippen LogP contribution in [-0.4, -0.2) is 56.7 Å². The van der Waals surface area contributed by atoms with E-state index in [4.69, 9.17) is 4.98 Å². The standard InChI is InChI=1S/C20H25N3O4S2/c1-9-7-11(5-6-21-9)12-8-28-19(22-12)29-16-14(18(26)27)23-15(20(16,3)4)13(10(2)24)17(23)25/h5,8-10,13,15,21,24H,6-7H2,1-4H3,(H,26,27)/t9-,10+,13+,15-/m0/s1. The van der Waals surface area contributed by atoms with Crippen molar-refractivity contribution in [1.29, 1.82) is 0 Å². The number of aliphatic hydroxyl groups is 1. The maximum Gasteiger partial charge on any atom is 0.353 e. The summed E-state index contributed by atoms with van der Waals surface area (Å²) in [6, 6.07) is 0.0470. The van der Waals surface area contributed by atoms with Crippen LogP contribution in [0.25, 0.3) is 5.57 Å². The zero-order valence-electron chi connectivity index (χ0n) is 16.8. The number of aliphatic hydroxyl groups excluding tert-OH is 1. The lowest BCUT2D eigenvalue weighted by Gasteiger charge is -2.49. The van der Waals surface area contributed by atoms with Crippen LogP contribution in [0.3, 0.4) is 0 Å². The highest BCUT2D eigenvalue weighted by atomic mass is 32.2. The minimum atomic E-state index is -1.12. The zero-order valence-corrected chi connectivity index (χ0v) is 18.4. The van der Waals surface area contributed by atoms with E-state index in [0.29, 0.717) is 10.9 Å². The van der Waals surface area contributed by atoms with Crippen molar-refractivity contribution in [1.82, 2.24) is 15.2 Å². The number of carbonyl (C=O) groups excluding carboxylic acids is 1. The Labute approximate surface area is 177 Å². The van der Waals surface area contributed by atoms with Crippen LogP contribution in [-0.2, 0) is 9.59 Å². The molecule has 0 unspecified atom stereocenters. The maximum atomic E-state index is 12.6. The van der Waals surface area contributed by atoms with Gasteiger partial charge < -0.3 is 20.4 Å². The SMILES string of the molecule is C[C@H]1CC(c2csc(SC3=C(C(=O)O)N4C(=O)[C@H]([C@@H](C)O)[C@H]4C3(C)C)n2)=CCN1. The molecule has 0 aliphatic carbocycles. The molecule has 4 heterocycles. The molecule has 3 aliphatic rings. The summed E-state index contributed by atoms with van der Waals surface area (Å²) in [4.78, 5) is 31.3. The molecule has 156 valence electrons. The van der Waals surface area contributed by atoms with Crippen LogP contribution in [0.2, 0.25) is 0 Å². The molecule has 9 heteroatoms. The first-order chi connectivity index (χ1) is 13.6. The molecule has 7 nitrogen and oxygen atoms in total. The predicted octanol–water partition coefficient (Wildman–Crippen LogP) is 2.54. The monoisotopic (exact) mass is 435 g/mol. The van der Waals surface area contributed by atoms with E-state index in [1.807, 2.05) is 19.2 Å². The summed E-state index contributed by atoms with van der Waals surface area (Å²) < 4.78 is 0.762. The van der Waals surface area contributed by atoms with E-state index >= 15 is 0 Å². The fourth-order valence-corrected chi connectivity index (χ4v) is 6.69. The van der Waals surface area contributed by atoms with Crippen LogP contribution >= 0.6 is 23.1 Å². The number of aliphatic carboxylic acids is 1. The molecular weight excluding hydrogens is 410 g/mol. The maximum absolute atomic E-state index is 12.6. The van der Waals surface area contributed by atoms with Crippen LogP contribution in [0.1, 0.15) is 39.8 Å². The number of β-lactam (4-membered cyclic amide) rings is 1. The Morgan fingerprint density at radius 3 is 2.83 bits per heavy atom. The number of thioether (sulfide) groups is 1. The molecule has 4 atom stereocenters. The highest BCUT2D eigenvalue weighted by molar-refractivity contribution is 8.04. The Hall–Kier alpha value is -1.68. The van der Waals surface area contributed by atoms with Gasteiger partial charge in [-0.1, -0.05) is 31.7 Å². The highest BCUT2D eigenvalue weighted by Crippen LogP contribution is 2.58. The number of amides is 1. The first kappa shape index (κ1) is 20.6. The molecular formula is C20H25N3O4S2. The number of hydrogen-bond acceptors (Lipinski definition) is 7. The number of nitrogens with one attached hydrogen (secondary N) is 1. The smallest absolute Gasteiger partial charge is 0.353 e. The third-order valence-electron chi connectivity index (χ3n) is 5.99. The van der Waals surface area contributed by atoms with Gasteiger partial charge in [0.1, 0.15) is 5.70 Å². The van der Waals surface area contributed by atoms with Gasteiger partial charge in [-0.15, -0.1) is 11.3 Å². The van der Waals surface area contributed by atoms with Gasteiger partial charge >= 0.3 is 5.97 Å². The summed E-state index contributed by atoms with van der Waals surface area (Å²) in [6.07, 6.45) is 2.23. The average molecular weight is 436 g/mol. The van der Waals surface area contributed by atoms with Gasteiger partial charge in [0.15, 0.2) is 4.34 Å². The fourth-order valence-electron chi connectivity index (χ4n) is 4.55. The molecule has 29 heavy (non-hydrogen) atoms. The molecule has 0 radical (unpaired) electrons. The second-order valence-electron chi connectivity index (χ2n) is 8.47. The lowest BCUT2D eigenvalue weighted by Crippen LogP contribution is -2.65. The molecule has 3 N–H and O–H groups in total. The van der Waals surface area contributed by atoms with Gasteiger partial charge in [-0.05, 0) is 25.8 Å². The Balaban J connectivity index is 1.65. The second-order valence-corrected chi connectivity index (χ2v) is 10.6. The normalized spacial score (nSPS) is 29.4. The zero-order chi connectivity index (χ0) is 21.1. The number of nitrogens with zero attached hydrogens (tertiary/aromatic N) is 2. The summed E-state index contributed by atoms with van der Waals surface area (Å²) in [5.41, 5.74) is 1.58. The lowest BCUT2D eigenvalue weighted by atomic mass is 9.71. The molecule has 0 aromatic carbocycles. The van der Waals surface area contributed by atoms with Gasteiger partial charge in [-0.25, -0.2) is 9.78 Å². The van der Waals surface area contributed by atoms with Crippen LogP contribution < -0.4 is 5.32 Å². The third-order valence-corrected chi connectivity index (χ3v) is 8.35. The molecule has 1 saturated heterocycles. The van der Waals surface area contributed by atoms with E-state index in [9.17, 15) is 19.8 Å². The number of fused-ring (bicyclic) bond motifs is 1. The largest absolute Gasteiger partial charge is 0.477 e. The topological polar surface area (TPSA) is 103 Å². The summed E-state index contributed by atoms with van der Waals surface area (Å²) >= 11 is 2.82. The Kier molecular flexibility index (Phi) is 5.13. The van der Waals surface area contributed by atoms with Crippen LogP contribution in [0.5, 0.6) is 0 Å². The van der Waals surface area contributed by atoms with E-state index < -0.39 is 23.4 Å². The van der Waals surface area contributed by atoms with Gasteiger partial charge in [0.25, 0.3) is 0 Å². The Morgan fingerprint density at radius 2 is 2.21 bits per heavy atom.